The average Bonchev–Trinajstić information content (AvgIpc) is 2.68. The quantitative estimate of drug-likeness (QED) is 0.860. The Morgan fingerprint density at radius 1 is 1.47 bits per heavy atom. The molecule has 4 heteroatoms. The van der Waals surface area contributed by atoms with Crippen molar-refractivity contribution >= 4 is 0 Å². The van der Waals surface area contributed by atoms with Crippen molar-refractivity contribution in [3.63, 3.8) is 0 Å². The maximum atomic E-state index is 5.70. The number of nitrogens with zero attached hydrogens (tertiary/aromatic N) is 2. The molecule has 4 nitrogen and oxygen atoms in total. The maximum Gasteiger partial charge on any atom is 0.122 e. The maximum absolute atomic E-state index is 5.70. The Hall–Kier alpha value is -0.840. The fourth-order valence-corrected chi connectivity index (χ4v) is 2.53. The number of likely N-dealkylation sites (N-methyl/N-ethyl adjacent to an activating group) is 1. The highest BCUT2D eigenvalue weighted by molar-refractivity contribution is 5.16. The summed E-state index contributed by atoms with van der Waals surface area (Å²) >= 11 is 0. The molecule has 2 N–H and O–H groups in total. The van der Waals surface area contributed by atoms with Gasteiger partial charge in [-0.15, -0.1) is 0 Å². The minimum absolute atomic E-state index is 0.563. The van der Waals surface area contributed by atoms with Crippen molar-refractivity contribution in [3.05, 3.63) is 23.7 Å². The summed E-state index contributed by atoms with van der Waals surface area (Å²) in [4.78, 5) is 4.89. The molecular formula is C13H23N3O. The molecule has 1 aromatic rings. The summed E-state index contributed by atoms with van der Waals surface area (Å²) < 4.78 is 5.54. The van der Waals surface area contributed by atoms with Crippen LogP contribution in [-0.2, 0) is 13.1 Å². The van der Waals surface area contributed by atoms with Gasteiger partial charge in [0.05, 0.1) is 12.8 Å². The Labute approximate surface area is 103 Å². The Balaban J connectivity index is 2.02. The number of furan rings is 1. The van der Waals surface area contributed by atoms with Crippen LogP contribution in [0.4, 0.5) is 0 Å². The van der Waals surface area contributed by atoms with Gasteiger partial charge < -0.3 is 15.1 Å². The van der Waals surface area contributed by atoms with Crippen molar-refractivity contribution in [1.29, 1.82) is 0 Å². The Kier molecular flexibility index (Phi) is 4.20. The van der Waals surface area contributed by atoms with Crippen molar-refractivity contribution in [3.8, 4) is 0 Å². The molecular weight excluding hydrogens is 214 g/mol. The predicted octanol–water partition coefficient (Wildman–Crippen LogP) is 1.26. The van der Waals surface area contributed by atoms with E-state index in [2.05, 4.69) is 23.8 Å². The van der Waals surface area contributed by atoms with Gasteiger partial charge in [0.1, 0.15) is 5.76 Å². The lowest BCUT2D eigenvalue weighted by Gasteiger charge is -2.27. The van der Waals surface area contributed by atoms with Gasteiger partial charge in [-0.05, 0) is 33.0 Å². The number of nitrogens with two attached hydrogens (primary N) is 1. The van der Waals surface area contributed by atoms with Gasteiger partial charge in [-0.25, -0.2) is 0 Å². The SMILES string of the molecule is CC1CN(C)CCCN1Cc1occc1CN. The van der Waals surface area contributed by atoms with E-state index < -0.39 is 0 Å². The second kappa shape index (κ2) is 5.67. The van der Waals surface area contributed by atoms with Gasteiger partial charge >= 0.3 is 0 Å². The summed E-state index contributed by atoms with van der Waals surface area (Å²) in [6, 6.07) is 2.54. The Bertz CT molecular complexity index is 350. The lowest BCUT2D eigenvalue weighted by Crippen LogP contribution is -2.37. The van der Waals surface area contributed by atoms with E-state index in [4.69, 9.17) is 10.2 Å². The first-order valence-electron chi connectivity index (χ1n) is 6.38. The van der Waals surface area contributed by atoms with E-state index >= 15 is 0 Å². The Morgan fingerprint density at radius 3 is 3.06 bits per heavy atom. The lowest BCUT2D eigenvalue weighted by atomic mass is 10.2. The molecule has 0 amide bonds. The minimum Gasteiger partial charge on any atom is -0.468 e. The third-order valence-corrected chi connectivity index (χ3v) is 3.59. The van der Waals surface area contributed by atoms with Crippen LogP contribution in [0, 0.1) is 0 Å². The molecule has 1 unspecified atom stereocenters. The molecule has 0 spiro atoms. The van der Waals surface area contributed by atoms with Crippen LogP contribution in [0.15, 0.2) is 16.7 Å². The van der Waals surface area contributed by atoms with Crippen molar-refractivity contribution < 1.29 is 4.42 Å². The zero-order chi connectivity index (χ0) is 12.3. The second-order valence-electron chi connectivity index (χ2n) is 5.01. The van der Waals surface area contributed by atoms with Crippen LogP contribution in [0.3, 0.4) is 0 Å². The molecule has 0 radical (unpaired) electrons. The first-order valence-corrected chi connectivity index (χ1v) is 6.38. The molecule has 0 saturated carbocycles. The highest BCUT2D eigenvalue weighted by Crippen LogP contribution is 2.17. The number of hydrogen-bond donors (Lipinski definition) is 1. The summed E-state index contributed by atoms with van der Waals surface area (Å²) in [5.74, 6) is 1.03. The normalized spacial score (nSPS) is 23.8. The van der Waals surface area contributed by atoms with E-state index in [0.29, 0.717) is 12.6 Å². The average molecular weight is 237 g/mol. The van der Waals surface area contributed by atoms with Crippen molar-refractivity contribution in [2.45, 2.75) is 32.5 Å². The van der Waals surface area contributed by atoms with Crippen LogP contribution >= 0.6 is 0 Å². The van der Waals surface area contributed by atoms with Gasteiger partial charge in [0.2, 0.25) is 0 Å². The fourth-order valence-electron chi connectivity index (χ4n) is 2.53. The number of hydrogen-bond acceptors (Lipinski definition) is 4. The predicted molar refractivity (Wildman–Crippen MR) is 68.6 cm³/mol. The molecule has 1 atom stereocenters. The van der Waals surface area contributed by atoms with Crippen LogP contribution in [-0.4, -0.2) is 42.5 Å². The molecule has 1 aliphatic rings. The van der Waals surface area contributed by atoms with Gasteiger partial charge in [-0.2, -0.15) is 0 Å². The molecule has 1 aromatic heterocycles. The van der Waals surface area contributed by atoms with E-state index in [1.165, 1.54) is 13.0 Å². The summed E-state index contributed by atoms with van der Waals surface area (Å²) in [5, 5.41) is 0. The van der Waals surface area contributed by atoms with Crippen LogP contribution in [0.2, 0.25) is 0 Å². The van der Waals surface area contributed by atoms with Crippen LogP contribution in [0.25, 0.3) is 0 Å². The van der Waals surface area contributed by atoms with Crippen molar-refractivity contribution in [2.24, 2.45) is 5.73 Å². The lowest BCUT2D eigenvalue weighted by molar-refractivity contribution is 0.181. The summed E-state index contributed by atoms with van der Waals surface area (Å²) in [6.07, 6.45) is 2.96. The van der Waals surface area contributed by atoms with Crippen LogP contribution < -0.4 is 5.73 Å². The topological polar surface area (TPSA) is 45.6 Å². The molecule has 2 rings (SSSR count). The van der Waals surface area contributed by atoms with Gasteiger partial charge in [-0.1, -0.05) is 0 Å². The van der Waals surface area contributed by atoms with E-state index in [0.717, 1.165) is 31.0 Å². The van der Waals surface area contributed by atoms with Crippen molar-refractivity contribution in [2.75, 3.05) is 26.7 Å². The molecule has 0 bridgehead atoms. The zero-order valence-electron chi connectivity index (χ0n) is 10.9. The molecule has 17 heavy (non-hydrogen) atoms. The second-order valence-corrected chi connectivity index (χ2v) is 5.01. The smallest absolute Gasteiger partial charge is 0.122 e. The molecule has 1 saturated heterocycles. The van der Waals surface area contributed by atoms with Crippen LogP contribution in [0.1, 0.15) is 24.7 Å². The molecule has 0 aromatic carbocycles. The Morgan fingerprint density at radius 2 is 2.29 bits per heavy atom. The molecule has 1 fully saturated rings. The minimum atomic E-state index is 0.563. The summed E-state index contributed by atoms with van der Waals surface area (Å²) in [5.41, 5.74) is 6.84. The first kappa shape index (κ1) is 12.6. The summed E-state index contributed by atoms with van der Waals surface area (Å²) in [6.45, 7) is 7.17. The molecule has 96 valence electrons. The first-order chi connectivity index (χ1) is 8.20. The molecule has 1 aliphatic heterocycles. The highest BCUT2D eigenvalue weighted by atomic mass is 16.3. The van der Waals surface area contributed by atoms with Crippen molar-refractivity contribution in [1.82, 2.24) is 9.80 Å². The highest BCUT2D eigenvalue weighted by Gasteiger charge is 2.21. The van der Waals surface area contributed by atoms with Gasteiger partial charge in [0.15, 0.2) is 0 Å². The molecule has 0 aliphatic carbocycles. The zero-order valence-corrected chi connectivity index (χ0v) is 10.9. The summed E-state index contributed by atoms with van der Waals surface area (Å²) in [7, 11) is 2.19. The van der Waals surface area contributed by atoms with Gasteiger partial charge in [0, 0.05) is 31.2 Å². The van der Waals surface area contributed by atoms with Gasteiger partial charge in [0.25, 0.3) is 0 Å². The molecule has 2 heterocycles. The van der Waals surface area contributed by atoms with Gasteiger partial charge in [-0.3, -0.25) is 4.90 Å². The van der Waals surface area contributed by atoms with E-state index in [1.54, 1.807) is 6.26 Å². The van der Waals surface area contributed by atoms with Crippen LogP contribution in [0.5, 0.6) is 0 Å². The standard InChI is InChI=1S/C13H23N3O/c1-11-9-15(2)5-3-6-16(11)10-13-12(8-14)4-7-17-13/h4,7,11H,3,5-6,8-10,14H2,1-2H3. The third-order valence-electron chi connectivity index (χ3n) is 3.59. The largest absolute Gasteiger partial charge is 0.468 e. The van der Waals surface area contributed by atoms with E-state index in [1.807, 2.05) is 6.07 Å². The third kappa shape index (κ3) is 3.09. The fraction of sp³-hybridized carbons (Fsp3) is 0.692. The monoisotopic (exact) mass is 237 g/mol. The number of rotatable bonds is 3. The van der Waals surface area contributed by atoms with E-state index in [-0.39, 0.29) is 0 Å². The van der Waals surface area contributed by atoms with E-state index in [9.17, 15) is 0 Å².